The molecule has 8 heteroatoms. The van der Waals surface area contributed by atoms with Crippen LogP contribution in [0.4, 0.5) is 5.82 Å². The second kappa shape index (κ2) is 3.87. The monoisotopic (exact) mass is 226 g/mol. The number of hydrogen-bond donors (Lipinski definition) is 1. The van der Waals surface area contributed by atoms with Gasteiger partial charge in [-0.1, -0.05) is 6.42 Å². The molecule has 0 bridgehead atoms. The van der Waals surface area contributed by atoms with Gasteiger partial charge >= 0.3 is 11.8 Å². The molecule has 0 radical (unpaired) electrons. The van der Waals surface area contributed by atoms with E-state index in [-0.39, 0.29) is 11.9 Å². The normalized spacial score (nSPS) is 24.5. The fourth-order valence-corrected chi connectivity index (χ4v) is 2.06. The summed E-state index contributed by atoms with van der Waals surface area (Å²) in [5.41, 5.74) is 0. The lowest BCUT2D eigenvalue weighted by molar-refractivity contribution is -0.389. The van der Waals surface area contributed by atoms with Gasteiger partial charge in [-0.2, -0.15) is 0 Å². The lowest BCUT2D eigenvalue weighted by Crippen LogP contribution is -2.22. The first-order valence-corrected chi connectivity index (χ1v) is 4.88. The van der Waals surface area contributed by atoms with Crippen LogP contribution in [0.1, 0.15) is 25.3 Å². The maximum absolute atomic E-state index is 10.9. The first-order chi connectivity index (χ1) is 7.59. The molecular weight excluding hydrogens is 216 g/mol. The predicted molar refractivity (Wildman–Crippen MR) is 50.7 cm³/mol. The molecule has 1 aliphatic carbocycles. The molecule has 8 nitrogen and oxygen atoms in total. The summed E-state index contributed by atoms with van der Waals surface area (Å²) in [4.78, 5) is 20.7. The fourth-order valence-electron chi connectivity index (χ4n) is 2.06. The first-order valence-electron chi connectivity index (χ1n) is 4.88. The second-order valence-corrected chi connectivity index (χ2v) is 3.76. The summed E-state index contributed by atoms with van der Waals surface area (Å²) in [5, 5.41) is 26.4. The Morgan fingerprint density at radius 3 is 2.94 bits per heavy atom. The molecule has 2 unspecified atom stereocenters. The summed E-state index contributed by atoms with van der Waals surface area (Å²) in [7, 11) is 0. The summed E-state index contributed by atoms with van der Waals surface area (Å²) in [6, 6.07) is -0.321. The Bertz CT molecular complexity index is 429. The van der Waals surface area contributed by atoms with Gasteiger partial charge in [-0.05, 0) is 17.8 Å². The molecule has 1 saturated carbocycles. The summed E-state index contributed by atoms with van der Waals surface area (Å²) in [5.74, 6) is -1.77. The van der Waals surface area contributed by atoms with Crippen LogP contribution in [0.2, 0.25) is 0 Å². The molecule has 0 aromatic carbocycles. The lowest BCUT2D eigenvalue weighted by Gasteiger charge is -2.13. The zero-order valence-corrected chi connectivity index (χ0v) is 8.31. The van der Waals surface area contributed by atoms with Gasteiger partial charge in [-0.15, -0.1) is 0 Å². The van der Waals surface area contributed by atoms with Crippen LogP contribution in [-0.2, 0) is 4.79 Å². The topological polar surface area (TPSA) is 111 Å². The molecule has 1 fully saturated rings. The van der Waals surface area contributed by atoms with Crippen molar-refractivity contribution in [1.29, 1.82) is 0 Å². The molecule has 2 rings (SSSR count). The molecule has 1 aromatic heterocycles. The van der Waals surface area contributed by atoms with E-state index in [4.69, 9.17) is 5.11 Å². The minimum atomic E-state index is -0.888. The van der Waals surface area contributed by atoms with Crippen LogP contribution < -0.4 is 0 Å². The van der Waals surface area contributed by atoms with E-state index in [0.29, 0.717) is 12.8 Å². The SMILES string of the molecule is O=C(O)C1CCCC1n1cc([N+](=O)[O-])nn1. The van der Waals surface area contributed by atoms with E-state index in [2.05, 4.69) is 10.3 Å². The Hall–Kier alpha value is -1.99. The minimum Gasteiger partial charge on any atom is -0.481 e. The van der Waals surface area contributed by atoms with Crippen molar-refractivity contribution in [3.05, 3.63) is 16.3 Å². The van der Waals surface area contributed by atoms with Gasteiger partial charge in [0.05, 0.1) is 17.2 Å². The molecule has 1 N–H and O–H groups in total. The van der Waals surface area contributed by atoms with Crippen molar-refractivity contribution in [2.24, 2.45) is 5.92 Å². The van der Waals surface area contributed by atoms with Gasteiger partial charge in [0.25, 0.3) is 0 Å². The van der Waals surface area contributed by atoms with Crippen LogP contribution in [0.5, 0.6) is 0 Å². The highest BCUT2D eigenvalue weighted by atomic mass is 16.6. The van der Waals surface area contributed by atoms with E-state index in [0.717, 1.165) is 6.42 Å². The van der Waals surface area contributed by atoms with Gasteiger partial charge in [-0.3, -0.25) is 4.79 Å². The molecule has 1 aromatic rings. The van der Waals surface area contributed by atoms with Gasteiger partial charge in [0.2, 0.25) is 0 Å². The smallest absolute Gasteiger partial charge is 0.410 e. The van der Waals surface area contributed by atoms with Gasteiger partial charge < -0.3 is 15.2 Å². The largest absolute Gasteiger partial charge is 0.481 e. The predicted octanol–water partition coefficient (Wildman–Crippen LogP) is 0.612. The van der Waals surface area contributed by atoms with Crippen molar-refractivity contribution < 1.29 is 14.8 Å². The summed E-state index contributed by atoms with van der Waals surface area (Å²) in [6.07, 6.45) is 3.21. The molecule has 0 spiro atoms. The van der Waals surface area contributed by atoms with Crippen LogP contribution in [0.25, 0.3) is 0 Å². The van der Waals surface area contributed by atoms with E-state index >= 15 is 0 Å². The maximum atomic E-state index is 10.9. The Kier molecular flexibility index (Phi) is 2.55. The minimum absolute atomic E-state index is 0.321. The van der Waals surface area contributed by atoms with Crippen LogP contribution >= 0.6 is 0 Å². The number of rotatable bonds is 3. The number of carbonyl (C=O) groups is 1. The third-order valence-electron chi connectivity index (χ3n) is 2.82. The molecule has 16 heavy (non-hydrogen) atoms. The van der Waals surface area contributed by atoms with Gasteiger partial charge in [0.1, 0.15) is 11.3 Å². The van der Waals surface area contributed by atoms with Crippen molar-refractivity contribution >= 4 is 11.8 Å². The third kappa shape index (κ3) is 1.73. The number of carboxylic acid groups (broad SMARTS) is 1. The van der Waals surface area contributed by atoms with Crippen molar-refractivity contribution in [3.8, 4) is 0 Å². The third-order valence-corrected chi connectivity index (χ3v) is 2.82. The summed E-state index contributed by atoms with van der Waals surface area (Å²) >= 11 is 0. The van der Waals surface area contributed by atoms with Gasteiger partial charge in [-0.25, -0.2) is 4.68 Å². The molecule has 2 atom stereocenters. The van der Waals surface area contributed by atoms with Crippen molar-refractivity contribution in [2.75, 3.05) is 0 Å². The van der Waals surface area contributed by atoms with Crippen molar-refractivity contribution in [1.82, 2.24) is 15.0 Å². The molecular formula is C8H10N4O4. The van der Waals surface area contributed by atoms with Gasteiger partial charge in [0, 0.05) is 0 Å². The number of hydrogen-bond acceptors (Lipinski definition) is 5. The van der Waals surface area contributed by atoms with E-state index in [1.165, 1.54) is 10.9 Å². The average molecular weight is 226 g/mol. The van der Waals surface area contributed by atoms with Crippen molar-refractivity contribution in [3.63, 3.8) is 0 Å². The number of aromatic nitrogens is 3. The number of aliphatic carboxylic acids is 1. The van der Waals surface area contributed by atoms with E-state index < -0.39 is 16.8 Å². The van der Waals surface area contributed by atoms with Crippen molar-refractivity contribution in [2.45, 2.75) is 25.3 Å². The highest BCUT2D eigenvalue weighted by Gasteiger charge is 2.36. The van der Waals surface area contributed by atoms with E-state index in [1.54, 1.807) is 0 Å². The summed E-state index contributed by atoms with van der Waals surface area (Å²) in [6.45, 7) is 0. The van der Waals surface area contributed by atoms with E-state index in [9.17, 15) is 14.9 Å². The number of nitro groups is 1. The zero-order chi connectivity index (χ0) is 11.7. The Balaban J connectivity index is 2.22. The molecule has 86 valence electrons. The Morgan fingerprint density at radius 2 is 2.38 bits per heavy atom. The van der Waals surface area contributed by atoms with Gasteiger partial charge in [0.15, 0.2) is 0 Å². The Morgan fingerprint density at radius 1 is 1.62 bits per heavy atom. The number of carboxylic acids is 1. The van der Waals surface area contributed by atoms with Crippen LogP contribution in [0.3, 0.4) is 0 Å². The molecule has 0 aliphatic heterocycles. The van der Waals surface area contributed by atoms with E-state index in [1.807, 2.05) is 0 Å². The lowest BCUT2D eigenvalue weighted by atomic mass is 10.0. The standard InChI is InChI=1S/C8H10N4O4/c13-8(14)5-2-1-3-6(5)11-4-7(9-10-11)12(15)16/h4-6H,1-3H2,(H,13,14). The highest BCUT2D eigenvalue weighted by Crippen LogP contribution is 2.35. The first kappa shape index (κ1) is 10.5. The zero-order valence-electron chi connectivity index (χ0n) is 8.31. The molecule has 0 amide bonds. The Labute approximate surface area is 90.0 Å². The number of nitrogens with zero attached hydrogens (tertiary/aromatic N) is 4. The maximum Gasteiger partial charge on any atom is 0.410 e. The average Bonchev–Trinajstić information content (AvgIpc) is 2.86. The molecule has 1 aliphatic rings. The fraction of sp³-hybridized carbons (Fsp3) is 0.625. The molecule has 0 saturated heterocycles. The quantitative estimate of drug-likeness (QED) is 0.597. The van der Waals surface area contributed by atoms with Crippen LogP contribution in [-0.4, -0.2) is 31.0 Å². The molecule has 1 heterocycles. The van der Waals surface area contributed by atoms with Crippen LogP contribution in [0.15, 0.2) is 6.20 Å². The highest BCUT2D eigenvalue weighted by molar-refractivity contribution is 5.71. The summed E-state index contributed by atoms with van der Waals surface area (Å²) < 4.78 is 1.30. The van der Waals surface area contributed by atoms with Crippen LogP contribution in [0, 0.1) is 16.0 Å². The second-order valence-electron chi connectivity index (χ2n) is 3.76.